The number of halogens is 2. The molecule has 1 N–H and O–H groups in total. The average molecular weight is 308 g/mol. The molecule has 2 rings (SSSR count). The lowest BCUT2D eigenvalue weighted by Gasteiger charge is -2.21. The van der Waals surface area contributed by atoms with E-state index in [9.17, 15) is 0 Å². The SMILES string of the molecule is Cc1cc(C)c(C(C)Nc2ccc(Cl)c(Cl)c2)c(C)c1. The summed E-state index contributed by atoms with van der Waals surface area (Å²) in [6, 6.07) is 10.3. The van der Waals surface area contributed by atoms with Gasteiger partial charge in [0.1, 0.15) is 0 Å². The highest BCUT2D eigenvalue weighted by molar-refractivity contribution is 6.42. The van der Waals surface area contributed by atoms with Crippen molar-refractivity contribution in [2.45, 2.75) is 33.7 Å². The van der Waals surface area contributed by atoms with E-state index in [0.717, 1.165) is 5.69 Å². The van der Waals surface area contributed by atoms with Crippen LogP contribution in [0.15, 0.2) is 30.3 Å². The quantitative estimate of drug-likeness (QED) is 0.723. The average Bonchev–Trinajstić information content (AvgIpc) is 2.32. The van der Waals surface area contributed by atoms with Crippen LogP contribution in [0.2, 0.25) is 10.0 Å². The van der Waals surface area contributed by atoms with Gasteiger partial charge in [-0.1, -0.05) is 40.9 Å². The first-order chi connectivity index (χ1) is 9.38. The molecule has 0 aromatic heterocycles. The lowest BCUT2D eigenvalue weighted by Crippen LogP contribution is -2.10. The predicted octanol–water partition coefficient (Wildman–Crippen LogP) is 6.09. The summed E-state index contributed by atoms with van der Waals surface area (Å²) in [5.41, 5.74) is 6.23. The van der Waals surface area contributed by atoms with Gasteiger partial charge in [0.15, 0.2) is 0 Å². The Hall–Kier alpha value is -1.18. The summed E-state index contributed by atoms with van der Waals surface area (Å²) < 4.78 is 0. The molecule has 0 aliphatic rings. The van der Waals surface area contributed by atoms with Crippen molar-refractivity contribution in [1.82, 2.24) is 0 Å². The number of anilines is 1. The third-order valence-electron chi connectivity index (χ3n) is 3.47. The van der Waals surface area contributed by atoms with Crippen molar-refractivity contribution in [3.05, 3.63) is 62.6 Å². The van der Waals surface area contributed by atoms with Crippen LogP contribution < -0.4 is 5.32 Å². The highest BCUT2D eigenvalue weighted by atomic mass is 35.5. The van der Waals surface area contributed by atoms with Crippen molar-refractivity contribution in [2.24, 2.45) is 0 Å². The third kappa shape index (κ3) is 3.28. The van der Waals surface area contributed by atoms with E-state index in [-0.39, 0.29) is 6.04 Å². The minimum Gasteiger partial charge on any atom is -0.378 e. The maximum atomic E-state index is 6.05. The van der Waals surface area contributed by atoms with Crippen molar-refractivity contribution in [3.63, 3.8) is 0 Å². The molecule has 0 radical (unpaired) electrons. The van der Waals surface area contributed by atoms with Gasteiger partial charge in [-0.3, -0.25) is 0 Å². The van der Waals surface area contributed by atoms with Crippen molar-refractivity contribution in [3.8, 4) is 0 Å². The minimum atomic E-state index is 0.216. The Morgan fingerprint density at radius 1 is 0.900 bits per heavy atom. The lowest BCUT2D eigenvalue weighted by atomic mass is 9.95. The van der Waals surface area contributed by atoms with Crippen LogP contribution in [0.1, 0.15) is 35.2 Å². The summed E-state index contributed by atoms with van der Waals surface area (Å²) in [6.45, 7) is 8.60. The molecule has 0 bridgehead atoms. The lowest BCUT2D eigenvalue weighted by molar-refractivity contribution is 0.862. The fourth-order valence-corrected chi connectivity index (χ4v) is 3.08. The van der Waals surface area contributed by atoms with Gasteiger partial charge >= 0.3 is 0 Å². The highest BCUT2D eigenvalue weighted by Gasteiger charge is 2.12. The summed E-state index contributed by atoms with van der Waals surface area (Å²) in [5.74, 6) is 0. The van der Waals surface area contributed by atoms with E-state index >= 15 is 0 Å². The molecule has 106 valence electrons. The maximum absolute atomic E-state index is 6.05. The molecular weight excluding hydrogens is 289 g/mol. The number of hydrogen-bond donors (Lipinski definition) is 1. The van der Waals surface area contributed by atoms with E-state index in [2.05, 4.69) is 45.1 Å². The number of nitrogens with one attached hydrogen (secondary N) is 1. The summed E-state index contributed by atoms with van der Waals surface area (Å²) in [4.78, 5) is 0. The predicted molar refractivity (Wildman–Crippen MR) is 89.2 cm³/mol. The van der Waals surface area contributed by atoms with E-state index in [1.54, 1.807) is 0 Å². The Morgan fingerprint density at radius 2 is 1.50 bits per heavy atom. The second-order valence-electron chi connectivity index (χ2n) is 5.31. The van der Waals surface area contributed by atoms with Crippen molar-refractivity contribution in [2.75, 3.05) is 5.32 Å². The summed E-state index contributed by atoms with van der Waals surface area (Å²) in [7, 11) is 0. The molecule has 1 nitrogen and oxygen atoms in total. The Bertz CT molecular complexity index is 612. The zero-order chi connectivity index (χ0) is 14.9. The van der Waals surface area contributed by atoms with Crippen molar-refractivity contribution >= 4 is 28.9 Å². The van der Waals surface area contributed by atoms with Crippen LogP contribution >= 0.6 is 23.2 Å². The van der Waals surface area contributed by atoms with Gasteiger partial charge in [-0.2, -0.15) is 0 Å². The number of hydrogen-bond acceptors (Lipinski definition) is 1. The fourth-order valence-electron chi connectivity index (χ4n) is 2.78. The smallest absolute Gasteiger partial charge is 0.0612 e. The van der Waals surface area contributed by atoms with Crippen LogP contribution in [0.25, 0.3) is 0 Å². The van der Waals surface area contributed by atoms with Crippen LogP contribution in [-0.4, -0.2) is 0 Å². The summed E-state index contributed by atoms with van der Waals surface area (Å²) in [6.07, 6.45) is 0. The maximum Gasteiger partial charge on any atom is 0.0612 e. The number of rotatable bonds is 3. The van der Waals surface area contributed by atoms with Gasteiger partial charge in [0.2, 0.25) is 0 Å². The van der Waals surface area contributed by atoms with Crippen molar-refractivity contribution in [1.29, 1.82) is 0 Å². The zero-order valence-electron chi connectivity index (χ0n) is 12.2. The van der Waals surface area contributed by atoms with Gasteiger partial charge in [-0.25, -0.2) is 0 Å². The minimum absolute atomic E-state index is 0.216. The number of benzene rings is 2. The highest BCUT2D eigenvalue weighted by Crippen LogP contribution is 2.29. The molecule has 0 fully saturated rings. The van der Waals surface area contributed by atoms with Gasteiger partial charge < -0.3 is 5.32 Å². The van der Waals surface area contributed by atoms with Crippen LogP contribution in [0.3, 0.4) is 0 Å². The van der Waals surface area contributed by atoms with Gasteiger partial charge in [-0.15, -0.1) is 0 Å². The second-order valence-corrected chi connectivity index (χ2v) is 6.12. The Labute approximate surface area is 130 Å². The van der Waals surface area contributed by atoms with Crippen LogP contribution in [0.4, 0.5) is 5.69 Å². The zero-order valence-corrected chi connectivity index (χ0v) is 13.7. The molecule has 0 aliphatic carbocycles. The normalized spacial score (nSPS) is 12.3. The van der Waals surface area contributed by atoms with Gasteiger partial charge in [0.25, 0.3) is 0 Å². The molecule has 0 saturated carbocycles. The van der Waals surface area contributed by atoms with Crippen LogP contribution in [0.5, 0.6) is 0 Å². The van der Waals surface area contributed by atoms with E-state index in [1.807, 2.05) is 18.2 Å². The Kier molecular flexibility index (Phi) is 4.62. The number of aryl methyl sites for hydroxylation is 3. The standard InChI is InChI=1S/C17H19Cl2N/c1-10-7-11(2)17(12(3)8-10)13(4)20-14-5-6-15(18)16(19)9-14/h5-9,13,20H,1-4H3. The first-order valence-electron chi connectivity index (χ1n) is 6.68. The van der Waals surface area contributed by atoms with Gasteiger partial charge in [0.05, 0.1) is 10.0 Å². The fraction of sp³-hybridized carbons (Fsp3) is 0.294. The van der Waals surface area contributed by atoms with Crippen LogP contribution in [0, 0.1) is 20.8 Å². The molecule has 0 amide bonds. The monoisotopic (exact) mass is 307 g/mol. The molecule has 20 heavy (non-hydrogen) atoms. The molecule has 0 heterocycles. The Balaban J connectivity index is 2.28. The van der Waals surface area contributed by atoms with E-state index in [1.165, 1.54) is 22.3 Å². The van der Waals surface area contributed by atoms with E-state index in [0.29, 0.717) is 10.0 Å². The van der Waals surface area contributed by atoms with Crippen molar-refractivity contribution < 1.29 is 0 Å². The summed E-state index contributed by atoms with van der Waals surface area (Å²) >= 11 is 12.0. The van der Waals surface area contributed by atoms with Gasteiger partial charge in [-0.05, 0) is 62.6 Å². The molecular formula is C17H19Cl2N. The van der Waals surface area contributed by atoms with Gasteiger partial charge in [0, 0.05) is 11.7 Å². The van der Waals surface area contributed by atoms with Crippen LogP contribution in [-0.2, 0) is 0 Å². The molecule has 0 aliphatic heterocycles. The third-order valence-corrected chi connectivity index (χ3v) is 4.21. The first-order valence-corrected chi connectivity index (χ1v) is 7.43. The molecule has 0 saturated heterocycles. The molecule has 1 unspecified atom stereocenters. The Morgan fingerprint density at radius 3 is 2.05 bits per heavy atom. The molecule has 0 spiro atoms. The van der Waals surface area contributed by atoms with E-state index in [4.69, 9.17) is 23.2 Å². The molecule has 3 heteroatoms. The molecule has 2 aromatic rings. The summed E-state index contributed by atoms with van der Waals surface area (Å²) in [5, 5.41) is 4.63. The molecule has 1 atom stereocenters. The first kappa shape index (κ1) is 15.2. The largest absolute Gasteiger partial charge is 0.378 e. The van der Waals surface area contributed by atoms with E-state index < -0.39 is 0 Å². The topological polar surface area (TPSA) is 12.0 Å². The molecule has 2 aromatic carbocycles. The second kappa shape index (κ2) is 6.07.